The molecule has 0 spiro atoms. The Kier molecular flexibility index (Phi) is 8.24. The monoisotopic (exact) mass is 568 g/mol. The van der Waals surface area contributed by atoms with Gasteiger partial charge < -0.3 is 19.5 Å². The van der Waals surface area contributed by atoms with E-state index in [4.69, 9.17) is 14.2 Å². The number of nitrogens with zero attached hydrogens (tertiary/aromatic N) is 3. The lowest BCUT2D eigenvalue weighted by Gasteiger charge is -2.31. The van der Waals surface area contributed by atoms with E-state index in [0.29, 0.717) is 41.0 Å². The second-order valence-electron chi connectivity index (χ2n) is 9.53. The molecule has 3 aromatic rings. The first-order chi connectivity index (χ1) is 18.3. The number of methoxy groups -OCH3 is 1. The Labute approximate surface area is 225 Å². The Morgan fingerprint density at radius 3 is 2.67 bits per heavy atom. The number of ether oxygens (including phenoxy) is 3. The first-order valence-corrected chi connectivity index (χ1v) is 14.1. The maximum absolute atomic E-state index is 15.0. The van der Waals surface area contributed by atoms with Crippen LogP contribution in [0.3, 0.4) is 0 Å². The molecule has 4 rings (SSSR count). The zero-order chi connectivity index (χ0) is 28.5. The number of fused-ring (bicyclic) bond motifs is 1. The van der Waals surface area contributed by atoms with Crippen molar-refractivity contribution < 1.29 is 35.8 Å². The van der Waals surface area contributed by atoms with Crippen LogP contribution < -0.4 is 14.8 Å². The molecule has 2 heterocycles. The summed E-state index contributed by atoms with van der Waals surface area (Å²) in [7, 11) is -1.88. The smallest absolute Gasteiger partial charge is 0.273 e. The minimum absolute atomic E-state index is 0.0585. The third kappa shape index (κ3) is 6.53. The lowest BCUT2D eigenvalue weighted by atomic mass is 10.0. The predicted molar refractivity (Wildman–Crippen MR) is 140 cm³/mol. The van der Waals surface area contributed by atoms with Crippen LogP contribution in [0.15, 0.2) is 30.3 Å². The number of hydrogen-bond acceptors (Lipinski definition) is 8. The first-order valence-electron chi connectivity index (χ1n) is 12.3. The number of sulfonamides is 1. The largest absolute Gasteiger partial charge is 0.493 e. The molecule has 2 aromatic carbocycles. The van der Waals surface area contributed by atoms with Crippen molar-refractivity contribution in [1.29, 1.82) is 0 Å². The van der Waals surface area contributed by atoms with Gasteiger partial charge in [-0.1, -0.05) is 18.2 Å². The molecule has 9 nitrogen and oxygen atoms in total. The average Bonchev–Trinajstić information content (AvgIpc) is 2.86. The van der Waals surface area contributed by atoms with Crippen LogP contribution in [-0.4, -0.2) is 68.5 Å². The molecular weight excluding hydrogens is 537 g/mol. The highest BCUT2D eigenvalue weighted by Gasteiger charge is 2.31. The zero-order valence-electron chi connectivity index (χ0n) is 22.3. The molecule has 0 bridgehead atoms. The molecule has 0 amide bonds. The van der Waals surface area contributed by atoms with Crippen LogP contribution in [0.5, 0.6) is 11.5 Å². The van der Waals surface area contributed by atoms with Crippen LogP contribution in [0.2, 0.25) is 0 Å². The van der Waals surface area contributed by atoms with Gasteiger partial charge in [0.15, 0.2) is 11.5 Å². The van der Waals surface area contributed by atoms with Crippen LogP contribution >= 0.6 is 0 Å². The van der Waals surface area contributed by atoms with E-state index in [-0.39, 0.29) is 31.9 Å². The predicted octanol–water partition coefficient (Wildman–Crippen LogP) is 4.41. The molecule has 39 heavy (non-hydrogen) atoms. The van der Waals surface area contributed by atoms with Crippen molar-refractivity contribution in [2.75, 3.05) is 45.0 Å². The summed E-state index contributed by atoms with van der Waals surface area (Å²) >= 11 is 0. The third-order valence-electron chi connectivity index (χ3n) is 6.41. The minimum atomic E-state index is -3.36. The van der Waals surface area contributed by atoms with Crippen LogP contribution in [0, 0.1) is 12.7 Å². The second kappa shape index (κ2) is 11.1. The summed E-state index contributed by atoms with van der Waals surface area (Å²) in [6, 6.07) is 6.51. The van der Waals surface area contributed by atoms with E-state index in [1.54, 1.807) is 26.0 Å². The van der Waals surface area contributed by atoms with Gasteiger partial charge in [0.05, 0.1) is 37.1 Å². The summed E-state index contributed by atoms with van der Waals surface area (Å²) in [5, 5.41) is 3.65. The molecule has 1 fully saturated rings. The lowest BCUT2D eigenvalue weighted by molar-refractivity contribution is -0.0251. The van der Waals surface area contributed by atoms with Crippen LogP contribution in [0.1, 0.15) is 36.8 Å². The summed E-state index contributed by atoms with van der Waals surface area (Å²) in [5.74, 6) is -2.81. The lowest BCUT2D eigenvalue weighted by Crippen LogP contribution is -2.47. The SMILES string of the molecule is COc1cc2nc(C)nc(N[C@H](C)c3cccc(C(C)(F)F)c3F)c2cc1OC[C@H]1CN(S(C)(=O)=O)CCO1. The van der Waals surface area contributed by atoms with Gasteiger partial charge in [0.25, 0.3) is 5.92 Å². The summed E-state index contributed by atoms with van der Waals surface area (Å²) < 4.78 is 85.2. The van der Waals surface area contributed by atoms with Gasteiger partial charge in [-0.2, -0.15) is 4.31 Å². The van der Waals surface area contributed by atoms with Gasteiger partial charge >= 0.3 is 0 Å². The molecule has 0 aliphatic carbocycles. The van der Waals surface area contributed by atoms with Crippen molar-refractivity contribution in [3.63, 3.8) is 0 Å². The van der Waals surface area contributed by atoms with Crippen molar-refractivity contribution in [2.24, 2.45) is 0 Å². The molecule has 212 valence electrons. The Bertz CT molecular complexity index is 1470. The van der Waals surface area contributed by atoms with Gasteiger partial charge in [-0.3, -0.25) is 0 Å². The van der Waals surface area contributed by atoms with Gasteiger partial charge in [-0.15, -0.1) is 0 Å². The quantitative estimate of drug-likeness (QED) is 0.405. The molecule has 1 aromatic heterocycles. The molecule has 1 N–H and O–H groups in total. The second-order valence-corrected chi connectivity index (χ2v) is 11.5. The highest BCUT2D eigenvalue weighted by atomic mass is 32.2. The van der Waals surface area contributed by atoms with Crippen LogP contribution in [0.4, 0.5) is 19.0 Å². The van der Waals surface area contributed by atoms with E-state index in [1.165, 1.54) is 23.5 Å². The fourth-order valence-corrected chi connectivity index (χ4v) is 5.26. The third-order valence-corrected chi connectivity index (χ3v) is 7.68. The summed E-state index contributed by atoms with van der Waals surface area (Å²) in [6.07, 6.45) is 0.656. The van der Waals surface area contributed by atoms with Crippen LogP contribution in [-0.2, 0) is 20.7 Å². The number of hydrogen-bond donors (Lipinski definition) is 1. The Balaban J connectivity index is 1.63. The fraction of sp³-hybridized carbons (Fsp3) is 0.462. The summed E-state index contributed by atoms with van der Waals surface area (Å²) in [4.78, 5) is 8.92. The van der Waals surface area contributed by atoms with Crippen LogP contribution in [0.25, 0.3) is 10.9 Å². The summed E-state index contributed by atoms with van der Waals surface area (Å²) in [5.41, 5.74) is -0.0987. The maximum Gasteiger partial charge on any atom is 0.273 e. The normalized spacial score (nSPS) is 17.7. The highest BCUT2D eigenvalue weighted by Crippen LogP contribution is 2.37. The fourth-order valence-electron chi connectivity index (χ4n) is 4.42. The first kappa shape index (κ1) is 28.8. The number of anilines is 1. The van der Waals surface area contributed by atoms with Crippen molar-refractivity contribution in [2.45, 2.75) is 38.8 Å². The van der Waals surface area contributed by atoms with Gasteiger partial charge in [0.2, 0.25) is 10.0 Å². The van der Waals surface area contributed by atoms with Gasteiger partial charge in [-0.25, -0.2) is 31.6 Å². The van der Waals surface area contributed by atoms with Crippen molar-refractivity contribution >= 4 is 26.7 Å². The standard InChI is InChI=1S/C26H31F3N4O5S/c1-15(18-7-6-8-20(24(18)27)26(3,28)29)30-25-19-11-23(22(36-4)12-21(19)31-16(2)32-25)38-14-17-13-33(9-10-37-17)39(5,34)35/h6-8,11-12,15,17H,9-10,13-14H2,1-5H3,(H,30,31,32)/t15-,17-/m1/s1. The minimum Gasteiger partial charge on any atom is -0.493 e. The Hall–Kier alpha value is -3.16. The van der Waals surface area contributed by atoms with E-state index in [2.05, 4.69) is 15.3 Å². The number of alkyl halides is 2. The van der Waals surface area contributed by atoms with Gasteiger partial charge in [0, 0.05) is 37.0 Å². The number of aromatic nitrogens is 2. The molecule has 2 atom stereocenters. The average molecular weight is 569 g/mol. The zero-order valence-corrected chi connectivity index (χ0v) is 23.1. The van der Waals surface area contributed by atoms with E-state index in [0.717, 1.165) is 12.3 Å². The number of benzene rings is 2. The van der Waals surface area contributed by atoms with E-state index in [1.807, 2.05) is 0 Å². The number of nitrogens with one attached hydrogen (secondary N) is 1. The van der Waals surface area contributed by atoms with Crippen molar-refractivity contribution in [3.8, 4) is 11.5 Å². The number of aryl methyl sites for hydroxylation is 1. The molecule has 1 aliphatic rings. The molecule has 13 heteroatoms. The number of halogens is 3. The van der Waals surface area contributed by atoms with Gasteiger partial charge in [0.1, 0.15) is 30.2 Å². The van der Waals surface area contributed by atoms with Crippen molar-refractivity contribution in [1.82, 2.24) is 14.3 Å². The molecule has 1 aliphatic heterocycles. The molecule has 0 saturated carbocycles. The van der Waals surface area contributed by atoms with E-state index < -0.39 is 39.5 Å². The maximum atomic E-state index is 15.0. The molecule has 1 saturated heterocycles. The topological polar surface area (TPSA) is 103 Å². The molecule has 0 unspecified atom stereocenters. The Morgan fingerprint density at radius 1 is 1.26 bits per heavy atom. The summed E-state index contributed by atoms with van der Waals surface area (Å²) in [6.45, 7) is 4.73. The van der Waals surface area contributed by atoms with E-state index >= 15 is 4.39 Å². The number of rotatable bonds is 9. The van der Waals surface area contributed by atoms with E-state index in [9.17, 15) is 17.2 Å². The molecular formula is C26H31F3N4O5S. The highest BCUT2D eigenvalue weighted by molar-refractivity contribution is 7.88. The molecule has 0 radical (unpaired) electrons. The van der Waals surface area contributed by atoms with Gasteiger partial charge in [-0.05, 0) is 19.9 Å². The Morgan fingerprint density at radius 2 is 2.00 bits per heavy atom. The number of morpholine rings is 1. The van der Waals surface area contributed by atoms with Crippen molar-refractivity contribution in [3.05, 3.63) is 53.1 Å².